The normalized spacial score (nSPS) is 19.3. The Balaban J connectivity index is 2.00. The summed E-state index contributed by atoms with van der Waals surface area (Å²) in [5, 5.41) is 0. The average Bonchev–Trinajstić information content (AvgIpc) is 3.22. The molecule has 148 valence electrons. The fourth-order valence-electron chi connectivity index (χ4n) is 3.43. The second kappa shape index (κ2) is 8.39. The molecule has 0 spiro atoms. The first-order valence-electron chi connectivity index (χ1n) is 9.15. The highest BCUT2D eigenvalue weighted by atomic mass is 16.5. The average molecular weight is 385 g/mol. The highest BCUT2D eigenvalue weighted by Gasteiger charge is 2.52. The Morgan fingerprint density at radius 3 is 2.64 bits per heavy atom. The number of hydrogen-bond acceptors (Lipinski definition) is 6. The van der Waals surface area contributed by atoms with Gasteiger partial charge < -0.3 is 18.8 Å². The van der Waals surface area contributed by atoms with E-state index in [2.05, 4.69) is 0 Å². The summed E-state index contributed by atoms with van der Waals surface area (Å²) in [7, 11) is 1.51. The van der Waals surface area contributed by atoms with E-state index in [1.54, 1.807) is 43.3 Å². The first kappa shape index (κ1) is 19.8. The molecule has 2 heterocycles. The van der Waals surface area contributed by atoms with Crippen LogP contribution in [0.4, 0.5) is 0 Å². The Morgan fingerprint density at radius 2 is 2.00 bits per heavy atom. The number of ether oxygens (including phenoxy) is 2. The van der Waals surface area contributed by atoms with Crippen molar-refractivity contribution in [2.45, 2.75) is 19.9 Å². The smallest absolute Gasteiger partial charge is 0.291 e. The SMILES string of the molecule is CCOc1cccc(C(=O)C2C(=O)C(=O)N(CCOC)C2c2ccc(C)o2)c1. The molecule has 3 rings (SSSR count). The maximum absolute atomic E-state index is 13.2. The van der Waals surface area contributed by atoms with Crippen molar-refractivity contribution in [3.8, 4) is 5.75 Å². The van der Waals surface area contributed by atoms with Crippen LogP contribution in [0.1, 0.15) is 34.8 Å². The monoisotopic (exact) mass is 385 g/mol. The number of furan rings is 1. The van der Waals surface area contributed by atoms with E-state index in [0.717, 1.165) is 0 Å². The predicted molar refractivity (Wildman–Crippen MR) is 100 cm³/mol. The third-order valence-electron chi connectivity index (χ3n) is 4.71. The van der Waals surface area contributed by atoms with Crippen molar-refractivity contribution in [2.75, 3.05) is 26.9 Å². The molecular formula is C21H23NO6. The maximum atomic E-state index is 13.2. The van der Waals surface area contributed by atoms with Gasteiger partial charge in [-0.3, -0.25) is 14.4 Å². The molecule has 1 aromatic heterocycles. The predicted octanol–water partition coefficient (Wildman–Crippen LogP) is 2.58. The third-order valence-corrected chi connectivity index (χ3v) is 4.71. The molecule has 1 saturated heterocycles. The number of nitrogens with zero attached hydrogens (tertiary/aromatic N) is 1. The van der Waals surface area contributed by atoms with E-state index in [1.165, 1.54) is 12.0 Å². The van der Waals surface area contributed by atoms with Crippen molar-refractivity contribution >= 4 is 17.5 Å². The Hall–Kier alpha value is -2.93. The third kappa shape index (κ3) is 3.71. The molecule has 0 aliphatic carbocycles. The van der Waals surface area contributed by atoms with Gasteiger partial charge in [0.2, 0.25) is 5.78 Å². The van der Waals surface area contributed by atoms with Crippen LogP contribution in [0.25, 0.3) is 0 Å². The number of rotatable bonds is 8. The Bertz CT molecular complexity index is 887. The minimum Gasteiger partial charge on any atom is -0.494 e. The number of Topliss-reactive ketones (excluding diaryl/α,β-unsaturated/α-hetero) is 2. The van der Waals surface area contributed by atoms with Crippen LogP contribution in [0.15, 0.2) is 40.8 Å². The molecule has 7 nitrogen and oxygen atoms in total. The lowest BCUT2D eigenvalue weighted by molar-refractivity contribution is -0.141. The summed E-state index contributed by atoms with van der Waals surface area (Å²) in [6.45, 7) is 4.50. The summed E-state index contributed by atoms with van der Waals surface area (Å²) in [5.74, 6) is -1.46. The minimum absolute atomic E-state index is 0.189. The van der Waals surface area contributed by atoms with Crippen LogP contribution in [0, 0.1) is 12.8 Å². The highest BCUT2D eigenvalue weighted by molar-refractivity contribution is 6.44. The van der Waals surface area contributed by atoms with Crippen molar-refractivity contribution in [3.63, 3.8) is 0 Å². The largest absolute Gasteiger partial charge is 0.494 e. The van der Waals surface area contributed by atoms with Crippen LogP contribution in [0.5, 0.6) is 5.75 Å². The Kier molecular flexibility index (Phi) is 5.94. The summed E-state index contributed by atoms with van der Waals surface area (Å²) in [6, 6.07) is 9.27. The summed E-state index contributed by atoms with van der Waals surface area (Å²) in [6.07, 6.45) is 0. The zero-order valence-corrected chi connectivity index (χ0v) is 16.1. The molecule has 1 aliphatic heterocycles. The van der Waals surface area contributed by atoms with Crippen molar-refractivity contribution < 1.29 is 28.3 Å². The Labute approximate surface area is 163 Å². The lowest BCUT2D eigenvalue weighted by Gasteiger charge is -2.24. The maximum Gasteiger partial charge on any atom is 0.291 e. The molecule has 2 aromatic rings. The van der Waals surface area contributed by atoms with Crippen molar-refractivity contribution in [2.24, 2.45) is 5.92 Å². The molecular weight excluding hydrogens is 362 g/mol. The number of carbonyl (C=O) groups excluding carboxylic acids is 3. The molecule has 0 bridgehead atoms. The molecule has 1 amide bonds. The molecule has 1 aliphatic rings. The van der Waals surface area contributed by atoms with Gasteiger partial charge in [0.1, 0.15) is 29.2 Å². The van der Waals surface area contributed by atoms with Gasteiger partial charge in [-0.1, -0.05) is 12.1 Å². The van der Waals surface area contributed by atoms with Crippen LogP contribution in [-0.4, -0.2) is 49.2 Å². The van der Waals surface area contributed by atoms with Crippen molar-refractivity contribution in [3.05, 3.63) is 53.5 Å². The topological polar surface area (TPSA) is 86.1 Å². The van der Waals surface area contributed by atoms with Crippen molar-refractivity contribution in [1.29, 1.82) is 0 Å². The van der Waals surface area contributed by atoms with Gasteiger partial charge in [0.15, 0.2) is 5.78 Å². The molecule has 28 heavy (non-hydrogen) atoms. The van der Waals surface area contributed by atoms with Gasteiger partial charge in [0.05, 0.1) is 13.2 Å². The Morgan fingerprint density at radius 1 is 1.21 bits per heavy atom. The second-order valence-electron chi connectivity index (χ2n) is 6.55. The molecule has 2 unspecified atom stereocenters. The van der Waals surface area contributed by atoms with Crippen LogP contribution < -0.4 is 4.74 Å². The number of methoxy groups -OCH3 is 1. The minimum atomic E-state index is -1.17. The number of amides is 1. The fraction of sp³-hybridized carbons (Fsp3) is 0.381. The van der Waals surface area contributed by atoms with Crippen LogP contribution >= 0.6 is 0 Å². The quantitative estimate of drug-likeness (QED) is 0.394. The highest BCUT2D eigenvalue weighted by Crippen LogP contribution is 2.39. The number of benzene rings is 1. The van der Waals surface area contributed by atoms with Gasteiger partial charge in [-0.2, -0.15) is 0 Å². The fourth-order valence-corrected chi connectivity index (χ4v) is 3.43. The second-order valence-corrected chi connectivity index (χ2v) is 6.55. The standard InChI is InChI=1S/C21H23NO6/c1-4-27-15-7-5-6-14(12-15)19(23)17-18(16-9-8-13(2)28-16)22(10-11-26-3)21(25)20(17)24/h5-9,12,17-18H,4,10-11H2,1-3H3. The summed E-state index contributed by atoms with van der Waals surface area (Å²) < 4.78 is 16.2. The summed E-state index contributed by atoms with van der Waals surface area (Å²) in [5.41, 5.74) is 0.318. The summed E-state index contributed by atoms with van der Waals surface area (Å²) >= 11 is 0. The molecule has 2 atom stereocenters. The summed E-state index contributed by atoms with van der Waals surface area (Å²) in [4.78, 5) is 40.0. The molecule has 1 aromatic carbocycles. The molecule has 0 saturated carbocycles. The zero-order chi connectivity index (χ0) is 20.3. The van der Waals surface area contributed by atoms with Gasteiger partial charge in [-0.25, -0.2) is 0 Å². The number of carbonyl (C=O) groups is 3. The van der Waals surface area contributed by atoms with Gasteiger partial charge in [-0.05, 0) is 38.1 Å². The molecule has 1 fully saturated rings. The van der Waals surface area contributed by atoms with Gasteiger partial charge in [-0.15, -0.1) is 0 Å². The van der Waals surface area contributed by atoms with E-state index in [-0.39, 0.29) is 13.2 Å². The van der Waals surface area contributed by atoms with Crippen LogP contribution in [0.2, 0.25) is 0 Å². The van der Waals surface area contributed by atoms with E-state index in [0.29, 0.717) is 29.4 Å². The van der Waals surface area contributed by atoms with Crippen LogP contribution in [0.3, 0.4) is 0 Å². The number of aryl methyl sites for hydroxylation is 1. The molecule has 0 N–H and O–H groups in total. The first-order valence-corrected chi connectivity index (χ1v) is 9.15. The van der Waals surface area contributed by atoms with E-state index in [4.69, 9.17) is 13.9 Å². The van der Waals surface area contributed by atoms with E-state index in [9.17, 15) is 14.4 Å². The van der Waals surface area contributed by atoms with E-state index in [1.807, 2.05) is 6.92 Å². The van der Waals surface area contributed by atoms with Gasteiger partial charge in [0.25, 0.3) is 5.91 Å². The number of likely N-dealkylation sites (tertiary alicyclic amines) is 1. The molecule has 0 radical (unpaired) electrons. The van der Waals surface area contributed by atoms with Gasteiger partial charge >= 0.3 is 0 Å². The lowest BCUT2D eigenvalue weighted by Crippen LogP contribution is -2.33. The molecule has 7 heteroatoms. The number of ketones is 2. The van der Waals surface area contributed by atoms with E-state index >= 15 is 0 Å². The van der Waals surface area contributed by atoms with Crippen molar-refractivity contribution in [1.82, 2.24) is 4.90 Å². The number of hydrogen-bond donors (Lipinski definition) is 0. The van der Waals surface area contributed by atoms with Gasteiger partial charge in [0, 0.05) is 19.2 Å². The van der Waals surface area contributed by atoms with E-state index < -0.39 is 29.4 Å². The zero-order valence-electron chi connectivity index (χ0n) is 16.1. The first-order chi connectivity index (χ1) is 13.5. The lowest BCUT2D eigenvalue weighted by atomic mass is 9.88. The van der Waals surface area contributed by atoms with Crippen LogP contribution in [-0.2, 0) is 14.3 Å².